The first-order chi connectivity index (χ1) is 9.46. The van der Waals surface area contributed by atoms with Gasteiger partial charge in [0, 0.05) is 11.1 Å². The van der Waals surface area contributed by atoms with Gasteiger partial charge in [0.2, 0.25) is 0 Å². The molecule has 0 saturated heterocycles. The SMILES string of the molecule is O=C(c1ccccc1)c1ccc(C=CS(=O)(=O)F)cc1. The molecule has 0 aromatic heterocycles. The maximum Gasteiger partial charge on any atom is 0.325 e. The Morgan fingerprint density at radius 2 is 1.45 bits per heavy atom. The molecular weight excluding hydrogens is 279 g/mol. The van der Waals surface area contributed by atoms with Gasteiger partial charge in [0.1, 0.15) is 0 Å². The molecule has 5 heteroatoms. The molecule has 2 aromatic carbocycles. The van der Waals surface area contributed by atoms with E-state index in [0.717, 1.165) is 6.08 Å². The van der Waals surface area contributed by atoms with Crippen molar-refractivity contribution in [1.82, 2.24) is 0 Å². The topological polar surface area (TPSA) is 51.2 Å². The van der Waals surface area contributed by atoms with E-state index in [1.165, 1.54) is 0 Å². The zero-order valence-corrected chi connectivity index (χ0v) is 11.2. The van der Waals surface area contributed by atoms with Gasteiger partial charge in [-0.2, -0.15) is 8.42 Å². The first kappa shape index (κ1) is 14.1. The number of carbonyl (C=O) groups excluding carboxylic acids is 1. The van der Waals surface area contributed by atoms with E-state index < -0.39 is 10.2 Å². The second-order valence-corrected chi connectivity index (χ2v) is 5.32. The molecule has 2 aromatic rings. The average molecular weight is 290 g/mol. The molecule has 102 valence electrons. The predicted octanol–water partition coefficient (Wildman–Crippen LogP) is 3.19. The molecule has 0 fully saturated rings. The standard InChI is InChI=1S/C15H11FO3S/c16-20(18,19)11-10-12-6-8-14(9-7-12)15(17)13-4-2-1-3-5-13/h1-11H. The van der Waals surface area contributed by atoms with Crippen LogP contribution in [0.5, 0.6) is 0 Å². The molecule has 0 radical (unpaired) electrons. The van der Waals surface area contributed by atoms with Crippen LogP contribution in [0.4, 0.5) is 3.89 Å². The average Bonchev–Trinajstić information content (AvgIpc) is 2.45. The number of hydrogen-bond donors (Lipinski definition) is 0. The Bertz CT molecular complexity index is 732. The molecule has 0 heterocycles. The van der Waals surface area contributed by atoms with Crippen LogP contribution in [0.25, 0.3) is 6.08 Å². The quantitative estimate of drug-likeness (QED) is 0.642. The molecule has 2 rings (SSSR count). The van der Waals surface area contributed by atoms with E-state index in [1.807, 2.05) is 6.07 Å². The van der Waals surface area contributed by atoms with Gasteiger partial charge in [-0.05, 0) is 11.6 Å². The molecule has 0 bridgehead atoms. The maximum atomic E-state index is 12.3. The van der Waals surface area contributed by atoms with Crippen LogP contribution in [-0.2, 0) is 10.2 Å². The van der Waals surface area contributed by atoms with Crippen LogP contribution < -0.4 is 0 Å². The molecule has 0 aliphatic heterocycles. The summed E-state index contributed by atoms with van der Waals surface area (Å²) in [6, 6.07) is 15.0. The van der Waals surface area contributed by atoms with Gasteiger partial charge in [0.05, 0.1) is 5.41 Å². The molecule has 0 aliphatic rings. The van der Waals surface area contributed by atoms with E-state index in [9.17, 15) is 17.1 Å². The summed E-state index contributed by atoms with van der Waals surface area (Å²) in [5.41, 5.74) is 1.55. The van der Waals surface area contributed by atoms with Gasteiger partial charge in [-0.15, -0.1) is 3.89 Å². The molecular formula is C15H11FO3S. The van der Waals surface area contributed by atoms with E-state index in [0.29, 0.717) is 22.1 Å². The third-order valence-electron chi connectivity index (χ3n) is 2.63. The van der Waals surface area contributed by atoms with Crippen LogP contribution in [0.3, 0.4) is 0 Å². The summed E-state index contributed by atoms with van der Waals surface area (Å²) in [6.45, 7) is 0. The van der Waals surface area contributed by atoms with Crippen molar-refractivity contribution in [3.05, 3.63) is 76.7 Å². The fourth-order valence-corrected chi connectivity index (χ4v) is 1.98. The van der Waals surface area contributed by atoms with Crippen molar-refractivity contribution in [2.24, 2.45) is 0 Å². The normalized spacial score (nSPS) is 11.7. The van der Waals surface area contributed by atoms with Crippen molar-refractivity contribution in [1.29, 1.82) is 0 Å². The van der Waals surface area contributed by atoms with Crippen LogP contribution in [0.1, 0.15) is 21.5 Å². The van der Waals surface area contributed by atoms with E-state index in [2.05, 4.69) is 0 Å². The lowest BCUT2D eigenvalue weighted by Gasteiger charge is -2.01. The number of benzene rings is 2. The minimum Gasteiger partial charge on any atom is -0.289 e. The summed E-state index contributed by atoms with van der Waals surface area (Å²) in [5, 5.41) is 0.473. The Hall–Kier alpha value is -2.27. The highest BCUT2D eigenvalue weighted by Gasteiger charge is 2.07. The Kier molecular flexibility index (Phi) is 4.10. The Labute approximate surface area is 116 Å². The van der Waals surface area contributed by atoms with Crippen molar-refractivity contribution in [3.63, 3.8) is 0 Å². The Balaban J connectivity index is 2.21. The minimum absolute atomic E-state index is 0.126. The zero-order valence-electron chi connectivity index (χ0n) is 10.4. The molecule has 0 saturated carbocycles. The van der Waals surface area contributed by atoms with Gasteiger partial charge in [0.25, 0.3) is 0 Å². The van der Waals surface area contributed by atoms with Gasteiger partial charge >= 0.3 is 10.2 Å². The smallest absolute Gasteiger partial charge is 0.289 e. The minimum atomic E-state index is -4.64. The first-order valence-corrected chi connectivity index (χ1v) is 7.23. The number of halogens is 1. The van der Waals surface area contributed by atoms with Gasteiger partial charge in [-0.3, -0.25) is 4.79 Å². The summed E-state index contributed by atoms with van der Waals surface area (Å²) in [4.78, 5) is 12.1. The summed E-state index contributed by atoms with van der Waals surface area (Å²) in [6.07, 6.45) is 1.13. The highest BCUT2D eigenvalue weighted by atomic mass is 32.3. The van der Waals surface area contributed by atoms with E-state index in [-0.39, 0.29) is 5.78 Å². The van der Waals surface area contributed by atoms with E-state index in [1.54, 1.807) is 48.5 Å². The van der Waals surface area contributed by atoms with E-state index >= 15 is 0 Å². The van der Waals surface area contributed by atoms with Gasteiger partial charge in [0.15, 0.2) is 5.78 Å². The molecule has 0 N–H and O–H groups in total. The molecule has 0 unspecified atom stereocenters. The Morgan fingerprint density at radius 1 is 0.900 bits per heavy atom. The third kappa shape index (κ3) is 3.86. The van der Waals surface area contributed by atoms with Crippen LogP contribution in [0.2, 0.25) is 0 Å². The third-order valence-corrected chi connectivity index (χ3v) is 3.09. The van der Waals surface area contributed by atoms with Crippen LogP contribution in [0.15, 0.2) is 60.0 Å². The number of carbonyl (C=O) groups is 1. The fourth-order valence-electron chi connectivity index (χ4n) is 1.66. The molecule has 0 amide bonds. The molecule has 20 heavy (non-hydrogen) atoms. The Morgan fingerprint density at radius 3 is 2.00 bits per heavy atom. The maximum absolute atomic E-state index is 12.3. The predicted molar refractivity (Wildman–Crippen MR) is 75.4 cm³/mol. The van der Waals surface area contributed by atoms with Crippen molar-refractivity contribution in [2.75, 3.05) is 0 Å². The summed E-state index contributed by atoms with van der Waals surface area (Å²) >= 11 is 0. The highest BCUT2D eigenvalue weighted by molar-refractivity contribution is 7.89. The first-order valence-electron chi connectivity index (χ1n) is 5.78. The lowest BCUT2D eigenvalue weighted by Crippen LogP contribution is -2.00. The van der Waals surface area contributed by atoms with Gasteiger partial charge in [-0.25, -0.2) is 0 Å². The summed E-state index contributed by atoms with van der Waals surface area (Å²) < 4.78 is 33.0. The van der Waals surface area contributed by atoms with Crippen molar-refractivity contribution in [3.8, 4) is 0 Å². The van der Waals surface area contributed by atoms with Crippen LogP contribution in [-0.4, -0.2) is 14.2 Å². The van der Waals surface area contributed by atoms with Crippen LogP contribution in [0, 0.1) is 0 Å². The number of rotatable bonds is 4. The molecule has 0 aliphatic carbocycles. The second kappa shape index (κ2) is 5.79. The molecule has 0 atom stereocenters. The van der Waals surface area contributed by atoms with Crippen molar-refractivity contribution >= 4 is 22.1 Å². The number of ketones is 1. The van der Waals surface area contributed by atoms with Gasteiger partial charge in [-0.1, -0.05) is 54.6 Å². The van der Waals surface area contributed by atoms with Crippen LogP contribution >= 0.6 is 0 Å². The lowest BCUT2D eigenvalue weighted by molar-refractivity contribution is 0.103. The number of hydrogen-bond acceptors (Lipinski definition) is 3. The molecule has 0 spiro atoms. The lowest BCUT2D eigenvalue weighted by atomic mass is 10.0. The summed E-state index contributed by atoms with van der Waals surface area (Å²) in [7, 11) is -4.64. The fraction of sp³-hybridized carbons (Fsp3) is 0. The highest BCUT2D eigenvalue weighted by Crippen LogP contribution is 2.12. The van der Waals surface area contributed by atoms with Crippen molar-refractivity contribution in [2.45, 2.75) is 0 Å². The second-order valence-electron chi connectivity index (χ2n) is 4.10. The molecule has 3 nitrogen and oxygen atoms in total. The van der Waals surface area contributed by atoms with E-state index in [4.69, 9.17) is 0 Å². The largest absolute Gasteiger partial charge is 0.325 e. The van der Waals surface area contributed by atoms with Crippen molar-refractivity contribution < 1.29 is 17.1 Å². The zero-order chi connectivity index (χ0) is 14.6. The monoisotopic (exact) mass is 290 g/mol. The van der Waals surface area contributed by atoms with Gasteiger partial charge < -0.3 is 0 Å². The summed E-state index contributed by atoms with van der Waals surface area (Å²) in [5.74, 6) is -0.126.